The van der Waals surface area contributed by atoms with Gasteiger partial charge in [-0.1, -0.05) is 25.6 Å². The van der Waals surface area contributed by atoms with E-state index in [4.69, 9.17) is 0 Å². The van der Waals surface area contributed by atoms with Gasteiger partial charge in [0.1, 0.15) is 0 Å². The highest BCUT2D eigenvalue weighted by Gasteiger charge is 2.20. The molecule has 0 radical (unpaired) electrons. The molecule has 3 nitrogen and oxygen atoms in total. The van der Waals surface area contributed by atoms with Gasteiger partial charge in [0.15, 0.2) is 5.17 Å². The molecule has 0 spiro atoms. The van der Waals surface area contributed by atoms with Gasteiger partial charge in [-0.15, -0.1) is 0 Å². The topological polar surface area (TPSA) is 27.6 Å². The monoisotopic (exact) mass is 243 g/mol. The third-order valence-corrected chi connectivity index (χ3v) is 4.05. The van der Waals surface area contributed by atoms with Gasteiger partial charge in [-0.25, -0.2) is 0 Å². The number of thioether (sulfide) groups is 1. The predicted molar refractivity (Wildman–Crippen MR) is 74.3 cm³/mol. The molecule has 1 aliphatic heterocycles. The summed E-state index contributed by atoms with van der Waals surface area (Å²) in [7, 11) is 4.22. The van der Waals surface area contributed by atoms with Crippen LogP contribution in [0.1, 0.15) is 27.2 Å². The Kier molecular flexibility index (Phi) is 5.62. The van der Waals surface area contributed by atoms with Crippen molar-refractivity contribution in [2.24, 2.45) is 10.9 Å². The fraction of sp³-hybridized carbons (Fsp3) is 0.917. The number of amidine groups is 1. The van der Waals surface area contributed by atoms with E-state index in [0.717, 1.165) is 24.2 Å². The highest BCUT2D eigenvalue weighted by atomic mass is 32.2. The summed E-state index contributed by atoms with van der Waals surface area (Å²) in [5, 5.41) is 5.27. The fourth-order valence-corrected chi connectivity index (χ4v) is 2.84. The number of nitrogens with zero attached hydrogens (tertiary/aromatic N) is 2. The Bertz CT molecular complexity index is 238. The maximum Gasteiger partial charge on any atom is 0.156 e. The van der Waals surface area contributed by atoms with E-state index in [9.17, 15) is 0 Å². The number of hydrogen-bond acceptors (Lipinski definition) is 4. The van der Waals surface area contributed by atoms with Crippen molar-refractivity contribution in [2.45, 2.75) is 38.5 Å². The normalized spacial score (nSPS) is 22.7. The maximum atomic E-state index is 4.55. The lowest BCUT2D eigenvalue weighted by Crippen LogP contribution is -2.37. The zero-order chi connectivity index (χ0) is 12.1. The summed E-state index contributed by atoms with van der Waals surface area (Å²) in [5.74, 6) is 0.771. The molecule has 1 rings (SSSR count). The summed E-state index contributed by atoms with van der Waals surface area (Å²) in [6.45, 7) is 8.74. The number of hydrogen-bond donors (Lipinski definition) is 1. The van der Waals surface area contributed by atoms with Crippen LogP contribution in [-0.4, -0.2) is 48.5 Å². The molecular weight excluding hydrogens is 218 g/mol. The van der Waals surface area contributed by atoms with Gasteiger partial charge in [0.05, 0.1) is 6.54 Å². The lowest BCUT2D eigenvalue weighted by Gasteiger charge is -2.20. The first-order chi connectivity index (χ1) is 7.49. The Hall–Kier alpha value is -0.220. The average Bonchev–Trinajstić information content (AvgIpc) is 2.60. The summed E-state index contributed by atoms with van der Waals surface area (Å²) < 4.78 is 0. The van der Waals surface area contributed by atoms with E-state index in [0.29, 0.717) is 11.3 Å². The average molecular weight is 243 g/mol. The second kappa shape index (κ2) is 6.50. The predicted octanol–water partition coefficient (Wildman–Crippen LogP) is 2.04. The molecule has 0 aromatic rings. The molecule has 0 saturated heterocycles. The Morgan fingerprint density at radius 3 is 2.69 bits per heavy atom. The van der Waals surface area contributed by atoms with Crippen LogP contribution in [-0.2, 0) is 0 Å². The van der Waals surface area contributed by atoms with Gasteiger partial charge < -0.3 is 10.2 Å². The van der Waals surface area contributed by atoms with Crippen LogP contribution in [0.5, 0.6) is 0 Å². The molecular formula is C12H25N3S. The summed E-state index contributed by atoms with van der Waals surface area (Å²) in [6, 6.07) is 0.549. The Balaban J connectivity index is 2.21. The zero-order valence-corrected chi connectivity index (χ0v) is 12.0. The van der Waals surface area contributed by atoms with Gasteiger partial charge in [0.25, 0.3) is 0 Å². The van der Waals surface area contributed by atoms with Crippen molar-refractivity contribution in [3.05, 3.63) is 0 Å². The molecule has 0 aliphatic carbocycles. The van der Waals surface area contributed by atoms with E-state index in [1.807, 2.05) is 11.8 Å². The first-order valence-corrected chi connectivity index (χ1v) is 6.98. The third-order valence-electron chi connectivity index (χ3n) is 2.88. The summed E-state index contributed by atoms with van der Waals surface area (Å²) in [6.07, 6.45) is 1.27. The van der Waals surface area contributed by atoms with Crippen molar-refractivity contribution >= 4 is 16.9 Å². The smallest absolute Gasteiger partial charge is 0.156 e. The summed E-state index contributed by atoms with van der Waals surface area (Å²) >= 11 is 1.91. The molecule has 0 fully saturated rings. The van der Waals surface area contributed by atoms with Crippen LogP contribution in [0.2, 0.25) is 0 Å². The van der Waals surface area contributed by atoms with Gasteiger partial charge in [0.2, 0.25) is 0 Å². The molecule has 0 bridgehead atoms. The fourth-order valence-electron chi connectivity index (χ4n) is 1.58. The molecule has 1 heterocycles. The van der Waals surface area contributed by atoms with Crippen molar-refractivity contribution in [3.63, 3.8) is 0 Å². The van der Waals surface area contributed by atoms with Gasteiger partial charge >= 0.3 is 0 Å². The van der Waals surface area contributed by atoms with Crippen LogP contribution in [0.25, 0.3) is 0 Å². The van der Waals surface area contributed by atoms with Crippen molar-refractivity contribution in [1.29, 1.82) is 0 Å². The van der Waals surface area contributed by atoms with E-state index in [2.05, 4.69) is 50.1 Å². The van der Waals surface area contributed by atoms with Crippen molar-refractivity contribution < 1.29 is 0 Å². The van der Waals surface area contributed by atoms with Crippen LogP contribution in [0.3, 0.4) is 0 Å². The Morgan fingerprint density at radius 2 is 2.12 bits per heavy atom. The van der Waals surface area contributed by atoms with E-state index in [-0.39, 0.29) is 0 Å². The molecule has 0 aromatic carbocycles. The first-order valence-electron chi connectivity index (χ1n) is 6.10. The lowest BCUT2D eigenvalue weighted by atomic mass is 10.1. The molecule has 2 atom stereocenters. The lowest BCUT2D eigenvalue weighted by molar-refractivity contribution is 0.313. The van der Waals surface area contributed by atoms with Crippen LogP contribution >= 0.6 is 11.8 Å². The van der Waals surface area contributed by atoms with Crippen LogP contribution < -0.4 is 5.32 Å². The summed E-state index contributed by atoms with van der Waals surface area (Å²) in [5.41, 5.74) is 0. The Morgan fingerprint density at radius 1 is 1.44 bits per heavy atom. The molecule has 0 saturated carbocycles. The zero-order valence-electron chi connectivity index (χ0n) is 11.2. The maximum absolute atomic E-state index is 4.55. The minimum absolute atomic E-state index is 0.549. The van der Waals surface area contributed by atoms with Crippen molar-refractivity contribution in [1.82, 2.24) is 10.2 Å². The number of rotatable bonds is 5. The third kappa shape index (κ3) is 4.74. The molecule has 0 aromatic heterocycles. The standard InChI is InChI=1S/C12H25N3S/c1-9(2)6-11-8-14-12(16-11)13-7-10(3)15(4)5/h9-11H,6-8H2,1-5H3,(H,13,14). The van der Waals surface area contributed by atoms with Gasteiger partial charge in [0, 0.05) is 17.8 Å². The highest BCUT2D eigenvalue weighted by Crippen LogP contribution is 2.25. The number of nitrogens with one attached hydrogen (secondary N) is 1. The van der Waals surface area contributed by atoms with E-state index >= 15 is 0 Å². The van der Waals surface area contributed by atoms with Crippen LogP contribution in [0.4, 0.5) is 0 Å². The molecule has 4 heteroatoms. The van der Waals surface area contributed by atoms with Gasteiger partial charge in [-0.05, 0) is 33.4 Å². The molecule has 94 valence electrons. The number of likely N-dealkylation sites (N-methyl/N-ethyl adjacent to an activating group) is 1. The van der Waals surface area contributed by atoms with E-state index in [1.165, 1.54) is 6.42 Å². The Labute approximate surface area is 104 Å². The first kappa shape index (κ1) is 13.8. The SMILES string of the molecule is CC(C)CC1CN=C(NCC(C)N(C)C)S1. The second-order valence-corrected chi connectivity index (χ2v) is 6.50. The van der Waals surface area contributed by atoms with E-state index in [1.54, 1.807) is 0 Å². The highest BCUT2D eigenvalue weighted by molar-refractivity contribution is 8.14. The minimum atomic E-state index is 0.549. The van der Waals surface area contributed by atoms with E-state index < -0.39 is 0 Å². The molecule has 1 N–H and O–H groups in total. The van der Waals surface area contributed by atoms with Crippen LogP contribution in [0.15, 0.2) is 4.99 Å². The molecule has 2 unspecified atom stereocenters. The van der Waals surface area contributed by atoms with Gasteiger partial charge in [-0.2, -0.15) is 0 Å². The van der Waals surface area contributed by atoms with Crippen molar-refractivity contribution in [3.8, 4) is 0 Å². The quantitative estimate of drug-likeness (QED) is 0.801. The largest absolute Gasteiger partial charge is 0.363 e. The minimum Gasteiger partial charge on any atom is -0.363 e. The number of aliphatic imine (C=N–C) groups is 1. The molecule has 16 heavy (non-hydrogen) atoms. The van der Waals surface area contributed by atoms with Crippen LogP contribution in [0, 0.1) is 5.92 Å². The molecule has 1 aliphatic rings. The second-order valence-electron chi connectivity index (χ2n) is 5.21. The van der Waals surface area contributed by atoms with Gasteiger partial charge in [-0.3, -0.25) is 4.99 Å². The summed E-state index contributed by atoms with van der Waals surface area (Å²) in [4.78, 5) is 6.77. The van der Waals surface area contributed by atoms with Crippen molar-refractivity contribution in [2.75, 3.05) is 27.2 Å². The molecule has 0 amide bonds.